The summed E-state index contributed by atoms with van der Waals surface area (Å²) < 4.78 is 24.4. The number of ketones is 1. The molecular weight excluding hydrogens is 709 g/mol. The molecule has 2 heterocycles. The van der Waals surface area contributed by atoms with Crippen LogP contribution in [0.1, 0.15) is 80.8 Å². The van der Waals surface area contributed by atoms with Gasteiger partial charge < -0.3 is 40.1 Å². The first-order valence-electron chi connectivity index (χ1n) is 19.2. The summed E-state index contributed by atoms with van der Waals surface area (Å²) in [5, 5.41) is 38.1. The van der Waals surface area contributed by atoms with E-state index in [9.17, 15) is 20.4 Å². The number of aromatic nitrogens is 1. The van der Waals surface area contributed by atoms with Crippen molar-refractivity contribution in [3.8, 4) is 17.4 Å². The van der Waals surface area contributed by atoms with Crippen molar-refractivity contribution in [2.45, 2.75) is 63.1 Å². The lowest BCUT2D eigenvalue weighted by Crippen LogP contribution is -2.58. The van der Waals surface area contributed by atoms with Crippen molar-refractivity contribution in [3.63, 3.8) is 0 Å². The van der Waals surface area contributed by atoms with E-state index in [1.807, 2.05) is 84.9 Å². The summed E-state index contributed by atoms with van der Waals surface area (Å²) in [4.78, 5) is 17.4. The molecule has 0 bridgehead atoms. The second-order valence-electron chi connectivity index (χ2n) is 15.2. The zero-order valence-electron chi connectivity index (χ0n) is 31.1. The molecule has 0 amide bonds. The van der Waals surface area contributed by atoms with E-state index in [2.05, 4.69) is 22.2 Å². The Bertz CT molecular complexity index is 2330. The summed E-state index contributed by atoms with van der Waals surface area (Å²) in [6.45, 7) is 2.03. The Morgan fingerprint density at radius 3 is 2.25 bits per heavy atom. The predicted octanol–water partition coefficient (Wildman–Crippen LogP) is 7.18. The van der Waals surface area contributed by atoms with Gasteiger partial charge in [0.05, 0.1) is 24.4 Å². The lowest BCUT2D eigenvalue weighted by atomic mass is 9.58. The van der Waals surface area contributed by atoms with Crippen molar-refractivity contribution >= 4 is 11.5 Å². The van der Waals surface area contributed by atoms with Crippen LogP contribution in [0.3, 0.4) is 0 Å². The second-order valence-corrected chi connectivity index (χ2v) is 15.2. The summed E-state index contributed by atoms with van der Waals surface area (Å²) in [6, 6.07) is 30.6. The van der Waals surface area contributed by atoms with Crippen LogP contribution in [-0.4, -0.2) is 51.0 Å². The average molecular weight is 753 g/mol. The molecule has 11 heteroatoms. The second kappa shape index (κ2) is 14.4. The third-order valence-electron chi connectivity index (χ3n) is 12.1. The largest absolute Gasteiger partial charge is 0.508 e. The minimum absolute atomic E-state index is 0.0153. The van der Waals surface area contributed by atoms with Crippen LogP contribution in [-0.2, 0) is 26.2 Å². The molecule has 56 heavy (non-hydrogen) atoms. The van der Waals surface area contributed by atoms with Crippen LogP contribution in [0.15, 0.2) is 113 Å². The molecule has 4 aromatic carbocycles. The van der Waals surface area contributed by atoms with Gasteiger partial charge in [-0.15, -0.1) is 0 Å². The van der Waals surface area contributed by atoms with E-state index in [1.54, 1.807) is 7.11 Å². The summed E-state index contributed by atoms with van der Waals surface area (Å²) in [7, 11) is 1.63. The molecule has 11 nitrogen and oxygen atoms in total. The van der Waals surface area contributed by atoms with Gasteiger partial charge in [0.2, 0.25) is 0 Å². The van der Waals surface area contributed by atoms with Crippen molar-refractivity contribution in [1.29, 1.82) is 5.41 Å². The molecule has 1 saturated heterocycles. The number of nitrogens with zero attached hydrogens (tertiary/aromatic N) is 2. The number of fused-ring (bicyclic) bond motifs is 4. The lowest BCUT2D eigenvalue weighted by molar-refractivity contribution is -0.00273. The van der Waals surface area contributed by atoms with Crippen LogP contribution in [0.25, 0.3) is 0 Å². The number of carbonyl (C=O) groups excluding carboxylic acids is 1. The maximum atomic E-state index is 15.0. The number of methoxy groups -OCH3 is 1. The molecule has 5 N–H and O–H groups in total. The topological polar surface area (TPSA) is 164 Å². The van der Waals surface area contributed by atoms with E-state index in [1.165, 1.54) is 5.56 Å². The van der Waals surface area contributed by atoms with Gasteiger partial charge >= 0.3 is 0 Å². The fourth-order valence-corrected chi connectivity index (χ4v) is 9.36. The highest BCUT2D eigenvalue weighted by Crippen LogP contribution is 2.56. The first-order valence-corrected chi connectivity index (χ1v) is 19.2. The molecule has 0 spiro atoms. The van der Waals surface area contributed by atoms with Crippen molar-refractivity contribution in [1.82, 2.24) is 10.1 Å². The molecule has 5 atom stereocenters. The maximum Gasteiger partial charge on any atom is 0.264 e. The van der Waals surface area contributed by atoms with Crippen molar-refractivity contribution in [2.24, 2.45) is 17.6 Å². The Hall–Kier alpha value is -5.75. The van der Waals surface area contributed by atoms with Crippen LogP contribution < -0.4 is 19.9 Å². The number of Topliss-reactive ketones (excluding diaryl/α,β-unsaturated/α-hetero) is 1. The fourth-order valence-electron chi connectivity index (χ4n) is 9.36. The Morgan fingerprint density at radius 1 is 0.946 bits per heavy atom. The number of ether oxygens (including phenoxy) is 3. The molecule has 5 aromatic rings. The number of nitrogens with one attached hydrogen (secondary N) is 1. The number of hydrogen-bond donors (Lipinski definition) is 4. The van der Waals surface area contributed by atoms with Crippen LogP contribution in [0.2, 0.25) is 0 Å². The van der Waals surface area contributed by atoms with Gasteiger partial charge in [-0.3, -0.25) is 9.69 Å². The molecule has 9 rings (SSSR count). The first kappa shape index (κ1) is 35.9. The van der Waals surface area contributed by atoms with Gasteiger partial charge in [-0.2, -0.15) is 0 Å². The van der Waals surface area contributed by atoms with Gasteiger partial charge in [0.15, 0.2) is 17.1 Å². The fraction of sp³-hybridized carbons (Fsp3) is 0.311. The maximum absolute atomic E-state index is 15.0. The molecule has 0 unspecified atom stereocenters. The van der Waals surface area contributed by atoms with Crippen LogP contribution in [0.4, 0.5) is 0 Å². The van der Waals surface area contributed by atoms with Crippen LogP contribution >= 0.6 is 0 Å². The number of likely N-dealkylation sites (tertiary alicyclic amines) is 1. The number of carbonyl (C=O) groups is 1. The summed E-state index contributed by atoms with van der Waals surface area (Å²) in [5.74, 6) is -1.29. The van der Waals surface area contributed by atoms with E-state index in [0.717, 1.165) is 42.6 Å². The smallest absolute Gasteiger partial charge is 0.264 e. The van der Waals surface area contributed by atoms with Gasteiger partial charge in [0.1, 0.15) is 36.0 Å². The zero-order valence-corrected chi connectivity index (χ0v) is 31.1. The highest BCUT2D eigenvalue weighted by Gasteiger charge is 2.61. The average Bonchev–Trinajstić information content (AvgIpc) is 3.87. The Kier molecular flexibility index (Phi) is 9.23. The summed E-state index contributed by atoms with van der Waals surface area (Å²) in [6.07, 6.45) is 2.44. The molecule has 0 radical (unpaired) electrons. The monoisotopic (exact) mass is 752 g/mol. The van der Waals surface area contributed by atoms with Gasteiger partial charge in [-0.1, -0.05) is 91.0 Å². The first-order chi connectivity index (χ1) is 27.3. The Balaban J connectivity index is 1.12. The molecule has 0 saturated carbocycles. The summed E-state index contributed by atoms with van der Waals surface area (Å²) >= 11 is 0. The highest BCUT2D eigenvalue weighted by atomic mass is 16.5. The minimum atomic E-state index is -2.29. The molecule has 4 aliphatic rings. The quantitative estimate of drug-likeness (QED) is 0.115. The third kappa shape index (κ3) is 5.89. The van der Waals surface area contributed by atoms with E-state index < -0.39 is 35.0 Å². The number of rotatable bonds is 10. The Labute approximate surface area is 324 Å². The van der Waals surface area contributed by atoms with Crippen LogP contribution in [0.5, 0.6) is 17.4 Å². The number of nitrogens with two attached hydrogens (primary N) is 1. The third-order valence-corrected chi connectivity index (χ3v) is 12.1. The highest BCUT2D eigenvalue weighted by molar-refractivity contribution is 6.16. The van der Waals surface area contributed by atoms with Crippen molar-refractivity contribution in [3.05, 3.63) is 153 Å². The molecule has 1 aromatic heterocycles. The van der Waals surface area contributed by atoms with Gasteiger partial charge in [-0.05, 0) is 66.1 Å². The predicted molar refractivity (Wildman–Crippen MR) is 208 cm³/mol. The molecule has 3 aliphatic carbocycles. The number of hydrogen-bond acceptors (Lipinski definition) is 11. The number of allylic oxidation sites excluding steroid dienone is 1. The van der Waals surface area contributed by atoms with Crippen molar-refractivity contribution < 1.29 is 33.7 Å². The minimum Gasteiger partial charge on any atom is -0.508 e. The summed E-state index contributed by atoms with van der Waals surface area (Å²) in [5.41, 5.74) is 9.24. The normalized spacial score (nSPS) is 24.3. The van der Waals surface area contributed by atoms with E-state index in [0.29, 0.717) is 23.5 Å². The lowest BCUT2D eigenvalue weighted by Gasteiger charge is -2.48. The van der Waals surface area contributed by atoms with Gasteiger partial charge in [0, 0.05) is 35.2 Å². The van der Waals surface area contributed by atoms with Gasteiger partial charge in [0.25, 0.3) is 5.88 Å². The van der Waals surface area contributed by atoms with Crippen molar-refractivity contribution in [2.75, 3.05) is 13.7 Å². The number of benzene rings is 4. The molecule has 1 fully saturated rings. The molecular formula is C45H44N4O7. The molecule has 1 aliphatic heterocycles. The van der Waals surface area contributed by atoms with E-state index in [-0.39, 0.29) is 59.7 Å². The number of aliphatic hydroxyl groups is 2. The SMILES string of the molecule is COc1c([C@@H]2CCCN2Cc2ccccc2)cc(OCc2ccccc2)c2c1C[C@H]1C[C@H]3[C@H](N)c4onc(OCc5ccccc5)c4C(=N)[C@@]3(O)C(O)=C1C2=O. The van der Waals surface area contributed by atoms with E-state index in [4.69, 9.17) is 24.5 Å². The molecule has 286 valence electrons. The zero-order chi connectivity index (χ0) is 38.6. The standard InChI is InChI=1S/C45H44N4O7/c1-53-40-30(33-18-11-19-49(33)23-26-12-5-2-6-13-26)22-34(54-24-27-14-7-3-8-15-27)36-31(40)20-29-21-32-38(46)41-37(42(47)45(32,52)43(51)35(29)39(36)50)44(48-56-41)55-25-28-16-9-4-10-17-28/h2-10,12-17,22,29,32-33,38,47,51-52H,11,18-21,23-25,46H2,1H3/t29-,32-,33-,38-,45+/m0/s1. The van der Waals surface area contributed by atoms with E-state index >= 15 is 0 Å². The number of aliphatic hydroxyl groups excluding tert-OH is 1. The van der Waals surface area contributed by atoms with Gasteiger partial charge in [-0.25, -0.2) is 0 Å². The van der Waals surface area contributed by atoms with Crippen LogP contribution in [0, 0.1) is 17.2 Å². The Morgan fingerprint density at radius 2 is 1.59 bits per heavy atom.